The summed E-state index contributed by atoms with van der Waals surface area (Å²) in [6, 6.07) is 13.9. The van der Waals surface area contributed by atoms with Gasteiger partial charge in [0.15, 0.2) is 9.84 Å². The van der Waals surface area contributed by atoms with Crippen LogP contribution in [0.4, 0.5) is 10.5 Å². The summed E-state index contributed by atoms with van der Waals surface area (Å²) in [5, 5.41) is 3.25. The molecule has 0 fully saturated rings. The number of pyridine rings is 1. The zero-order chi connectivity index (χ0) is 24.7. The van der Waals surface area contributed by atoms with Crippen LogP contribution in [-0.2, 0) is 19.9 Å². The maximum absolute atomic E-state index is 13.0. The molecule has 2 N–H and O–H groups in total. The number of nitrogens with zero attached hydrogens (tertiary/aromatic N) is 1. The molecule has 4 aromatic rings. The van der Waals surface area contributed by atoms with Gasteiger partial charge in [0, 0.05) is 29.2 Å². The maximum atomic E-state index is 13.0. The molecule has 0 saturated heterocycles. The van der Waals surface area contributed by atoms with Crippen molar-refractivity contribution in [3.05, 3.63) is 81.6 Å². The lowest BCUT2D eigenvalue weighted by molar-refractivity contribution is 0.256. The van der Waals surface area contributed by atoms with Crippen LogP contribution in [0, 0.1) is 0 Å². The Morgan fingerprint density at radius 2 is 1.68 bits per heavy atom. The third-order valence-electron chi connectivity index (χ3n) is 4.75. The molecule has 2 amide bonds. The second-order valence-corrected chi connectivity index (χ2v) is 12.8. The number of nitrogens with one attached hydrogen (secondary N) is 2. The lowest BCUT2D eigenvalue weighted by Crippen LogP contribution is -2.33. The first-order chi connectivity index (χ1) is 15.9. The number of aromatic nitrogens is 1. The molecule has 0 unspecified atom stereocenters. The number of halogens is 1. The Hall–Kier alpha value is -3.19. The van der Waals surface area contributed by atoms with E-state index in [4.69, 9.17) is 11.6 Å². The highest BCUT2D eigenvalue weighted by molar-refractivity contribution is 7.92. The Morgan fingerprint density at radius 1 is 0.971 bits per heavy atom. The number of carbonyl (C=O) groups excluding carboxylic acids is 1. The van der Waals surface area contributed by atoms with Crippen LogP contribution in [0.25, 0.3) is 16.5 Å². The molecule has 34 heavy (non-hydrogen) atoms. The molecule has 9 nitrogen and oxygen atoms in total. The van der Waals surface area contributed by atoms with Gasteiger partial charge in [-0.05, 0) is 60.0 Å². The molecule has 2 heterocycles. The molecule has 2 aromatic carbocycles. The van der Waals surface area contributed by atoms with Crippen molar-refractivity contribution in [2.75, 3.05) is 11.6 Å². The Kier molecular flexibility index (Phi) is 6.25. The summed E-state index contributed by atoms with van der Waals surface area (Å²) >= 11 is 6.56. The van der Waals surface area contributed by atoms with Crippen LogP contribution in [0.1, 0.15) is 0 Å². The third-order valence-corrected chi connectivity index (χ3v) is 8.91. The van der Waals surface area contributed by atoms with Crippen molar-refractivity contribution in [1.82, 2.24) is 9.29 Å². The summed E-state index contributed by atoms with van der Waals surface area (Å²) in [6.45, 7) is 0. The molecule has 4 rings (SSSR count). The molecule has 0 atom stereocenters. The number of rotatable bonds is 5. The normalized spacial score (nSPS) is 11.9. The number of amides is 2. The number of sulfonamides is 1. The number of benzene rings is 2. The molecule has 0 aliphatic heterocycles. The summed E-state index contributed by atoms with van der Waals surface area (Å²) in [7, 11) is -7.55. The minimum Gasteiger partial charge on any atom is -0.307 e. The summed E-state index contributed by atoms with van der Waals surface area (Å²) in [5.41, 5.74) is 0.333. The van der Waals surface area contributed by atoms with Gasteiger partial charge in [0.2, 0.25) is 0 Å². The molecule has 0 spiro atoms. The van der Waals surface area contributed by atoms with Crippen molar-refractivity contribution in [3.8, 4) is 5.69 Å². The minimum atomic E-state index is -4.07. The van der Waals surface area contributed by atoms with Crippen LogP contribution < -0.4 is 15.6 Å². The molecule has 0 radical (unpaired) electrons. The van der Waals surface area contributed by atoms with E-state index in [0.29, 0.717) is 11.1 Å². The Balaban J connectivity index is 1.56. The first kappa shape index (κ1) is 24.0. The Morgan fingerprint density at radius 3 is 2.29 bits per heavy atom. The maximum Gasteiger partial charge on any atom is 0.333 e. The number of hydrogen-bond donors (Lipinski definition) is 2. The van der Waals surface area contributed by atoms with E-state index in [9.17, 15) is 26.4 Å². The SMILES string of the molecule is CS(=O)(=O)c1ccc2ccn(-c3ccc(NC(=O)NS(=O)(=O)c4ccc(Cl)s4)cc3)c(=O)c2c1. The van der Waals surface area contributed by atoms with Gasteiger partial charge in [-0.1, -0.05) is 17.7 Å². The van der Waals surface area contributed by atoms with Gasteiger partial charge in [-0.2, -0.15) is 0 Å². The van der Waals surface area contributed by atoms with Gasteiger partial charge in [0.25, 0.3) is 15.6 Å². The lowest BCUT2D eigenvalue weighted by Gasteiger charge is -2.10. The largest absolute Gasteiger partial charge is 0.333 e. The minimum absolute atomic E-state index is 0.0418. The lowest BCUT2D eigenvalue weighted by atomic mass is 10.1. The molecule has 0 aliphatic carbocycles. The quantitative estimate of drug-likeness (QED) is 0.399. The number of carbonyl (C=O) groups is 1. The van der Waals surface area contributed by atoms with Gasteiger partial charge in [-0.3, -0.25) is 9.36 Å². The van der Waals surface area contributed by atoms with Crippen molar-refractivity contribution in [2.24, 2.45) is 0 Å². The van der Waals surface area contributed by atoms with E-state index in [-0.39, 0.29) is 24.5 Å². The van der Waals surface area contributed by atoms with E-state index in [1.807, 2.05) is 4.72 Å². The molecule has 2 aromatic heterocycles. The molecular weight excluding hydrogens is 522 g/mol. The van der Waals surface area contributed by atoms with Crippen molar-refractivity contribution in [1.29, 1.82) is 0 Å². The van der Waals surface area contributed by atoms with Gasteiger partial charge in [-0.25, -0.2) is 26.4 Å². The van der Waals surface area contributed by atoms with E-state index in [2.05, 4.69) is 5.32 Å². The van der Waals surface area contributed by atoms with Gasteiger partial charge in [-0.15, -0.1) is 11.3 Å². The molecular formula is C21H16ClN3O6S3. The first-order valence-electron chi connectivity index (χ1n) is 9.49. The molecule has 13 heteroatoms. The second kappa shape index (κ2) is 8.87. The van der Waals surface area contributed by atoms with E-state index in [1.165, 1.54) is 41.0 Å². The average molecular weight is 538 g/mol. The van der Waals surface area contributed by atoms with Crippen molar-refractivity contribution in [3.63, 3.8) is 0 Å². The molecule has 0 saturated carbocycles. The smallest absolute Gasteiger partial charge is 0.307 e. The van der Waals surface area contributed by atoms with E-state index in [1.54, 1.807) is 30.5 Å². The van der Waals surface area contributed by atoms with Gasteiger partial charge in [0.1, 0.15) is 4.21 Å². The van der Waals surface area contributed by atoms with E-state index >= 15 is 0 Å². The predicted octanol–water partition coefficient (Wildman–Crippen LogP) is 3.62. The fourth-order valence-electron chi connectivity index (χ4n) is 3.13. The summed E-state index contributed by atoms with van der Waals surface area (Å²) in [4.78, 5) is 25.2. The molecule has 0 aliphatic rings. The van der Waals surface area contributed by atoms with Gasteiger partial charge in [0.05, 0.1) is 9.23 Å². The highest BCUT2D eigenvalue weighted by Crippen LogP contribution is 2.25. The fourth-order valence-corrected chi connectivity index (χ4v) is 6.17. The van der Waals surface area contributed by atoms with Crippen LogP contribution in [0.3, 0.4) is 0 Å². The van der Waals surface area contributed by atoms with Crippen LogP contribution in [0.5, 0.6) is 0 Å². The van der Waals surface area contributed by atoms with Gasteiger partial charge >= 0.3 is 6.03 Å². The highest BCUT2D eigenvalue weighted by atomic mass is 35.5. The number of anilines is 1. The fraction of sp³-hybridized carbons (Fsp3) is 0.0476. The molecule has 176 valence electrons. The van der Waals surface area contributed by atoms with E-state index in [0.717, 1.165) is 17.6 Å². The van der Waals surface area contributed by atoms with Crippen LogP contribution in [-0.4, -0.2) is 33.7 Å². The summed E-state index contributed by atoms with van der Waals surface area (Å²) < 4.78 is 51.5. The standard InChI is InChI=1S/C21H16ClN3O6S3/c1-33(28,29)16-7-2-13-10-11-25(20(26)17(13)12-16)15-5-3-14(4-6-15)23-21(27)24-34(30,31)19-9-8-18(22)32-19/h2-12H,1H3,(H2,23,24,27). The first-order valence-corrected chi connectivity index (χ1v) is 14.1. The monoisotopic (exact) mass is 537 g/mol. The van der Waals surface area contributed by atoms with Crippen LogP contribution in [0.15, 0.2) is 80.8 Å². The zero-order valence-electron chi connectivity index (χ0n) is 17.4. The van der Waals surface area contributed by atoms with Crippen LogP contribution in [0.2, 0.25) is 4.34 Å². The van der Waals surface area contributed by atoms with Crippen LogP contribution >= 0.6 is 22.9 Å². The summed E-state index contributed by atoms with van der Waals surface area (Å²) in [6.07, 6.45) is 2.62. The number of thiophene rings is 1. The predicted molar refractivity (Wildman–Crippen MR) is 131 cm³/mol. The summed E-state index contributed by atoms with van der Waals surface area (Å²) in [5.74, 6) is 0. The van der Waals surface area contributed by atoms with Crippen molar-refractivity contribution < 1.29 is 21.6 Å². The number of hydrogen-bond acceptors (Lipinski definition) is 7. The number of fused-ring (bicyclic) bond motifs is 1. The van der Waals surface area contributed by atoms with Gasteiger partial charge < -0.3 is 5.32 Å². The second-order valence-electron chi connectivity index (χ2n) is 7.18. The van der Waals surface area contributed by atoms with Crippen molar-refractivity contribution in [2.45, 2.75) is 9.10 Å². The average Bonchev–Trinajstić information content (AvgIpc) is 3.21. The van der Waals surface area contributed by atoms with Crippen molar-refractivity contribution >= 4 is 65.3 Å². The topological polar surface area (TPSA) is 131 Å². The number of sulfone groups is 1. The third kappa shape index (κ3) is 4.99. The number of urea groups is 1. The zero-order valence-corrected chi connectivity index (χ0v) is 20.6. The van der Waals surface area contributed by atoms with E-state index < -0.39 is 31.5 Å². The highest BCUT2D eigenvalue weighted by Gasteiger charge is 2.20. The molecule has 0 bridgehead atoms. The Bertz CT molecular complexity index is 1690. The Labute approximate surface area is 203 Å².